The van der Waals surface area contributed by atoms with E-state index in [1.165, 1.54) is 11.8 Å². The fraction of sp³-hybridized carbons (Fsp3) is 0.353. The first-order valence-electron chi connectivity index (χ1n) is 7.57. The van der Waals surface area contributed by atoms with Gasteiger partial charge in [0.15, 0.2) is 5.82 Å². The van der Waals surface area contributed by atoms with Gasteiger partial charge in [0.2, 0.25) is 11.8 Å². The number of aryl methyl sites for hydroxylation is 3. The molecule has 0 aliphatic rings. The Labute approximate surface area is 145 Å². The lowest BCUT2D eigenvalue weighted by molar-refractivity contribution is -0.115. The number of rotatable bonds is 6. The molecule has 1 aromatic heterocycles. The van der Waals surface area contributed by atoms with Crippen LogP contribution >= 0.6 is 11.8 Å². The molecule has 0 fully saturated rings. The molecular formula is C17H21N3O3S. The maximum atomic E-state index is 12.0. The fourth-order valence-electron chi connectivity index (χ4n) is 2.17. The lowest BCUT2D eigenvalue weighted by atomic mass is 10.1. The Morgan fingerprint density at radius 1 is 1.12 bits per heavy atom. The highest BCUT2D eigenvalue weighted by atomic mass is 32.2. The van der Waals surface area contributed by atoms with Crippen molar-refractivity contribution in [2.45, 2.75) is 32.9 Å². The molecule has 0 bridgehead atoms. The number of hydrogen-bond donors (Lipinski definition) is 2. The van der Waals surface area contributed by atoms with Crippen molar-refractivity contribution in [3.8, 4) is 0 Å². The third-order valence-corrected chi connectivity index (χ3v) is 4.36. The maximum absolute atomic E-state index is 12.0. The van der Waals surface area contributed by atoms with Crippen LogP contribution in [0.15, 0.2) is 28.8 Å². The second-order valence-electron chi connectivity index (χ2n) is 5.69. The van der Waals surface area contributed by atoms with Gasteiger partial charge in [-0.25, -0.2) is 0 Å². The lowest BCUT2D eigenvalue weighted by Crippen LogP contribution is -2.25. The summed E-state index contributed by atoms with van der Waals surface area (Å²) in [6.45, 7) is 7.46. The minimum absolute atomic E-state index is 0.137. The Morgan fingerprint density at radius 2 is 1.79 bits per heavy atom. The van der Waals surface area contributed by atoms with E-state index in [0.29, 0.717) is 11.6 Å². The largest absolute Gasteiger partial charge is 0.360 e. The average molecular weight is 347 g/mol. The van der Waals surface area contributed by atoms with E-state index in [1.807, 2.05) is 32.0 Å². The molecular weight excluding hydrogens is 326 g/mol. The molecule has 6 nitrogen and oxygen atoms in total. The standard InChI is InChI=1S/C17H21N3O3S/c1-10-5-11(2)7-14(6-10)18-16(21)9-24-13(4)17(22)19-15-8-12(3)23-20-15/h5-8,13H,9H2,1-4H3,(H,18,21)(H,19,20,22). The predicted octanol–water partition coefficient (Wildman–Crippen LogP) is 3.30. The summed E-state index contributed by atoms with van der Waals surface area (Å²) in [5.41, 5.74) is 2.95. The van der Waals surface area contributed by atoms with Crippen LogP contribution in [0, 0.1) is 20.8 Å². The Bertz CT molecular complexity index is 722. The van der Waals surface area contributed by atoms with Crippen LogP contribution in [0.5, 0.6) is 0 Å². The van der Waals surface area contributed by atoms with E-state index >= 15 is 0 Å². The monoisotopic (exact) mass is 347 g/mol. The van der Waals surface area contributed by atoms with Gasteiger partial charge in [-0.3, -0.25) is 9.59 Å². The molecule has 24 heavy (non-hydrogen) atoms. The van der Waals surface area contributed by atoms with Gasteiger partial charge in [0, 0.05) is 11.8 Å². The molecule has 0 saturated heterocycles. The first kappa shape index (κ1) is 18.1. The van der Waals surface area contributed by atoms with Gasteiger partial charge >= 0.3 is 0 Å². The number of aromatic nitrogens is 1. The number of hydrogen-bond acceptors (Lipinski definition) is 5. The van der Waals surface area contributed by atoms with Gasteiger partial charge in [0.05, 0.1) is 11.0 Å². The van der Waals surface area contributed by atoms with Gasteiger partial charge in [-0.15, -0.1) is 11.8 Å². The molecule has 0 radical (unpaired) electrons. The first-order chi connectivity index (χ1) is 11.3. The van der Waals surface area contributed by atoms with E-state index in [4.69, 9.17) is 4.52 Å². The van der Waals surface area contributed by atoms with E-state index in [-0.39, 0.29) is 22.8 Å². The van der Waals surface area contributed by atoms with Crippen LogP contribution in [0.2, 0.25) is 0 Å². The van der Waals surface area contributed by atoms with E-state index in [0.717, 1.165) is 16.8 Å². The highest BCUT2D eigenvalue weighted by Crippen LogP contribution is 2.17. The topological polar surface area (TPSA) is 84.2 Å². The summed E-state index contributed by atoms with van der Waals surface area (Å²) < 4.78 is 4.89. The smallest absolute Gasteiger partial charge is 0.238 e. The highest BCUT2D eigenvalue weighted by Gasteiger charge is 2.17. The van der Waals surface area contributed by atoms with E-state index in [1.54, 1.807) is 19.9 Å². The zero-order valence-corrected chi connectivity index (χ0v) is 15.0. The van der Waals surface area contributed by atoms with Crippen LogP contribution in [-0.4, -0.2) is 28.0 Å². The van der Waals surface area contributed by atoms with Gasteiger partial charge in [-0.1, -0.05) is 11.2 Å². The number of carbonyl (C=O) groups is 2. The number of nitrogens with zero attached hydrogens (tertiary/aromatic N) is 1. The number of benzene rings is 1. The second kappa shape index (κ2) is 8.01. The van der Waals surface area contributed by atoms with E-state index in [2.05, 4.69) is 15.8 Å². The quantitative estimate of drug-likeness (QED) is 0.837. The second-order valence-corrected chi connectivity index (χ2v) is 7.02. The summed E-state index contributed by atoms with van der Waals surface area (Å²) in [4.78, 5) is 24.1. The van der Waals surface area contributed by atoms with Gasteiger partial charge in [-0.2, -0.15) is 0 Å². The molecule has 0 saturated carbocycles. The summed E-state index contributed by atoms with van der Waals surface area (Å²) >= 11 is 1.26. The summed E-state index contributed by atoms with van der Waals surface area (Å²) in [6.07, 6.45) is 0. The van der Waals surface area contributed by atoms with Crippen LogP contribution in [0.25, 0.3) is 0 Å². The normalized spacial score (nSPS) is 11.8. The number of carbonyl (C=O) groups excluding carboxylic acids is 2. The molecule has 1 atom stereocenters. The number of anilines is 2. The summed E-state index contributed by atoms with van der Waals surface area (Å²) in [6, 6.07) is 7.52. The molecule has 1 unspecified atom stereocenters. The van der Waals surface area contributed by atoms with Crippen LogP contribution in [0.3, 0.4) is 0 Å². The van der Waals surface area contributed by atoms with Crippen molar-refractivity contribution in [3.63, 3.8) is 0 Å². The van der Waals surface area contributed by atoms with Crippen LogP contribution < -0.4 is 10.6 Å². The van der Waals surface area contributed by atoms with Crippen molar-refractivity contribution in [2.75, 3.05) is 16.4 Å². The van der Waals surface area contributed by atoms with Crippen molar-refractivity contribution >= 4 is 35.1 Å². The third-order valence-electron chi connectivity index (χ3n) is 3.22. The van der Waals surface area contributed by atoms with Crippen molar-refractivity contribution in [1.82, 2.24) is 5.16 Å². The average Bonchev–Trinajstić information content (AvgIpc) is 2.88. The minimum Gasteiger partial charge on any atom is -0.360 e. The summed E-state index contributed by atoms with van der Waals surface area (Å²) in [5.74, 6) is 0.844. The molecule has 1 heterocycles. The maximum Gasteiger partial charge on any atom is 0.238 e. The Hall–Kier alpha value is -2.28. The predicted molar refractivity (Wildman–Crippen MR) is 96.3 cm³/mol. The van der Waals surface area contributed by atoms with E-state index in [9.17, 15) is 9.59 Å². The minimum atomic E-state index is -0.382. The molecule has 2 N–H and O–H groups in total. The van der Waals surface area contributed by atoms with Gasteiger partial charge in [-0.05, 0) is 51.0 Å². The molecule has 2 aromatic rings. The van der Waals surface area contributed by atoms with Crippen LogP contribution in [0.4, 0.5) is 11.5 Å². The zero-order chi connectivity index (χ0) is 17.7. The van der Waals surface area contributed by atoms with Crippen molar-refractivity contribution < 1.29 is 14.1 Å². The van der Waals surface area contributed by atoms with Crippen molar-refractivity contribution in [3.05, 3.63) is 41.2 Å². The summed E-state index contributed by atoms with van der Waals surface area (Å²) in [7, 11) is 0. The number of amides is 2. The van der Waals surface area contributed by atoms with Gasteiger partial charge < -0.3 is 15.2 Å². The summed E-state index contributed by atoms with van der Waals surface area (Å²) in [5, 5.41) is 8.83. The van der Waals surface area contributed by atoms with E-state index < -0.39 is 0 Å². The molecule has 0 aliphatic heterocycles. The molecule has 2 amide bonds. The van der Waals surface area contributed by atoms with Crippen LogP contribution in [0.1, 0.15) is 23.8 Å². The Morgan fingerprint density at radius 3 is 2.38 bits per heavy atom. The molecule has 7 heteroatoms. The van der Waals surface area contributed by atoms with Crippen LogP contribution in [-0.2, 0) is 9.59 Å². The molecule has 0 spiro atoms. The fourth-order valence-corrected chi connectivity index (χ4v) is 2.86. The van der Waals surface area contributed by atoms with Crippen molar-refractivity contribution in [2.24, 2.45) is 0 Å². The zero-order valence-electron chi connectivity index (χ0n) is 14.2. The highest BCUT2D eigenvalue weighted by molar-refractivity contribution is 8.01. The SMILES string of the molecule is Cc1cc(C)cc(NC(=O)CSC(C)C(=O)Nc2cc(C)on2)c1. The Kier molecular flexibility index (Phi) is 6.03. The number of nitrogens with one attached hydrogen (secondary N) is 2. The number of thioether (sulfide) groups is 1. The third kappa shape index (κ3) is 5.42. The first-order valence-corrected chi connectivity index (χ1v) is 8.62. The Balaban J connectivity index is 1.81. The molecule has 128 valence electrons. The van der Waals surface area contributed by atoms with Crippen molar-refractivity contribution in [1.29, 1.82) is 0 Å². The lowest BCUT2D eigenvalue weighted by Gasteiger charge is -2.11. The molecule has 0 aliphatic carbocycles. The van der Waals surface area contributed by atoms with Gasteiger partial charge in [0.1, 0.15) is 5.76 Å². The van der Waals surface area contributed by atoms with Gasteiger partial charge in [0.25, 0.3) is 0 Å². The molecule has 1 aromatic carbocycles. The molecule has 2 rings (SSSR count).